The molecule has 0 saturated heterocycles. The van der Waals surface area contributed by atoms with Crippen LogP contribution in [0.15, 0.2) is 188 Å². The van der Waals surface area contributed by atoms with Gasteiger partial charge in [-0.15, -0.1) is 0 Å². The molecular formula is C47H34N2. The lowest BCUT2D eigenvalue weighted by atomic mass is 9.62. The largest absolute Gasteiger partial charge is 0.228 e. The van der Waals surface area contributed by atoms with E-state index < -0.39 is 0 Å². The number of hydrogen-bond donors (Lipinski definition) is 0. The van der Waals surface area contributed by atoms with Gasteiger partial charge in [0.25, 0.3) is 0 Å². The van der Waals surface area contributed by atoms with E-state index >= 15 is 0 Å². The summed E-state index contributed by atoms with van der Waals surface area (Å²) in [6.45, 7) is 0. The molecule has 2 nitrogen and oxygen atoms in total. The average molecular weight is 627 g/mol. The predicted octanol–water partition coefficient (Wildman–Crippen LogP) is 11.6. The van der Waals surface area contributed by atoms with Crippen molar-refractivity contribution >= 4 is 0 Å². The van der Waals surface area contributed by atoms with Crippen LogP contribution in [0.1, 0.15) is 23.1 Å². The van der Waals surface area contributed by atoms with Crippen LogP contribution >= 0.6 is 0 Å². The molecule has 2 atom stereocenters. The molecule has 2 aliphatic rings. The van der Waals surface area contributed by atoms with Crippen LogP contribution in [0.25, 0.3) is 56.2 Å². The van der Waals surface area contributed by atoms with Gasteiger partial charge in [0.1, 0.15) is 0 Å². The van der Waals surface area contributed by atoms with E-state index in [1.807, 2.05) is 12.1 Å². The Labute approximate surface area is 287 Å². The summed E-state index contributed by atoms with van der Waals surface area (Å²) in [5, 5.41) is 0. The van der Waals surface area contributed by atoms with E-state index in [4.69, 9.17) is 9.97 Å². The van der Waals surface area contributed by atoms with Gasteiger partial charge in [0, 0.05) is 16.7 Å². The van der Waals surface area contributed by atoms with E-state index in [9.17, 15) is 0 Å². The van der Waals surface area contributed by atoms with E-state index in [0.29, 0.717) is 5.82 Å². The monoisotopic (exact) mass is 626 g/mol. The zero-order valence-corrected chi connectivity index (χ0v) is 27.1. The number of rotatable bonds is 6. The summed E-state index contributed by atoms with van der Waals surface area (Å²) in [5.41, 5.74) is 13.7. The van der Waals surface area contributed by atoms with Crippen molar-refractivity contribution in [2.45, 2.75) is 11.8 Å². The van der Waals surface area contributed by atoms with Crippen molar-refractivity contribution < 1.29 is 0 Å². The van der Waals surface area contributed by atoms with E-state index in [1.165, 1.54) is 33.4 Å². The number of hydrogen-bond acceptors (Lipinski definition) is 2. The van der Waals surface area contributed by atoms with Crippen molar-refractivity contribution in [1.29, 1.82) is 0 Å². The summed E-state index contributed by atoms with van der Waals surface area (Å²) in [6, 6.07) is 58.7. The maximum Gasteiger partial charge on any atom is 0.160 e. The van der Waals surface area contributed by atoms with Gasteiger partial charge < -0.3 is 0 Å². The zero-order valence-electron chi connectivity index (χ0n) is 27.1. The van der Waals surface area contributed by atoms with Crippen LogP contribution in [0.3, 0.4) is 0 Å². The van der Waals surface area contributed by atoms with Crippen molar-refractivity contribution in [3.63, 3.8) is 0 Å². The molecule has 6 aromatic carbocycles. The van der Waals surface area contributed by atoms with Crippen molar-refractivity contribution in [2.24, 2.45) is 5.92 Å². The number of benzene rings is 6. The summed E-state index contributed by atoms with van der Waals surface area (Å²) in [4.78, 5) is 10.3. The number of aromatic nitrogens is 2. The van der Waals surface area contributed by atoms with E-state index in [2.05, 4.69) is 176 Å². The molecule has 0 aliphatic heterocycles. The first-order chi connectivity index (χ1) is 24.3. The van der Waals surface area contributed by atoms with Crippen LogP contribution in [-0.4, -0.2) is 9.97 Å². The molecule has 0 bridgehead atoms. The van der Waals surface area contributed by atoms with Gasteiger partial charge in [0.2, 0.25) is 0 Å². The van der Waals surface area contributed by atoms with E-state index in [0.717, 1.165) is 40.1 Å². The van der Waals surface area contributed by atoms with Crippen molar-refractivity contribution in [3.05, 3.63) is 205 Å². The molecule has 2 unspecified atom stereocenters. The third kappa shape index (κ3) is 4.88. The predicted molar refractivity (Wildman–Crippen MR) is 202 cm³/mol. The van der Waals surface area contributed by atoms with Gasteiger partial charge >= 0.3 is 0 Å². The Kier molecular flexibility index (Phi) is 7.21. The highest BCUT2D eigenvalue weighted by Gasteiger charge is 2.49. The first-order valence-corrected chi connectivity index (χ1v) is 17.0. The van der Waals surface area contributed by atoms with Gasteiger partial charge in [0.15, 0.2) is 5.82 Å². The maximum atomic E-state index is 5.14. The van der Waals surface area contributed by atoms with Crippen LogP contribution in [0, 0.1) is 5.92 Å². The smallest absolute Gasteiger partial charge is 0.160 e. The summed E-state index contributed by atoms with van der Waals surface area (Å²) < 4.78 is 0. The molecule has 2 aliphatic carbocycles. The van der Waals surface area contributed by atoms with Gasteiger partial charge in [-0.25, -0.2) is 9.97 Å². The lowest BCUT2D eigenvalue weighted by molar-refractivity contribution is 0.457. The van der Waals surface area contributed by atoms with Gasteiger partial charge in [-0.1, -0.05) is 176 Å². The summed E-state index contributed by atoms with van der Waals surface area (Å²) >= 11 is 0. The molecule has 2 heteroatoms. The molecule has 0 radical (unpaired) electrons. The van der Waals surface area contributed by atoms with E-state index in [1.54, 1.807) is 0 Å². The molecule has 9 rings (SSSR count). The molecule has 0 spiro atoms. The molecule has 0 fully saturated rings. The second-order valence-corrected chi connectivity index (χ2v) is 12.9. The maximum absolute atomic E-state index is 5.14. The highest BCUT2D eigenvalue weighted by molar-refractivity contribution is 5.95. The van der Waals surface area contributed by atoms with Crippen molar-refractivity contribution in [3.8, 4) is 56.2 Å². The SMILES string of the molecule is C1=CCC(C2(c3ccccc3)c3ccccc3-c3c(-c4cccc(-c5nc(-c6ccccc6)cc(-c6ccccc6)n5)c4)cccc32)C=C1. The van der Waals surface area contributed by atoms with Gasteiger partial charge in [-0.3, -0.25) is 0 Å². The Hall–Kier alpha value is -6.12. The fourth-order valence-electron chi connectivity index (χ4n) is 8.04. The Morgan fingerprint density at radius 2 is 1.04 bits per heavy atom. The molecule has 1 aromatic heterocycles. The molecule has 232 valence electrons. The Balaban J connectivity index is 1.24. The second kappa shape index (κ2) is 12.2. The number of nitrogens with zero attached hydrogens (tertiary/aromatic N) is 2. The Morgan fingerprint density at radius 1 is 0.469 bits per heavy atom. The molecule has 0 N–H and O–H groups in total. The topological polar surface area (TPSA) is 25.8 Å². The normalized spacial score (nSPS) is 17.4. The molecule has 49 heavy (non-hydrogen) atoms. The number of allylic oxidation sites excluding steroid dienone is 4. The van der Waals surface area contributed by atoms with Crippen LogP contribution in [0.2, 0.25) is 0 Å². The summed E-state index contributed by atoms with van der Waals surface area (Å²) in [7, 11) is 0. The van der Waals surface area contributed by atoms with Gasteiger partial charge in [0.05, 0.1) is 16.8 Å². The third-order valence-corrected chi connectivity index (χ3v) is 10.2. The first-order valence-electron chi connectivity index (χ1n) is 17.0. The van der Waals surface area contributed by atoms with Gasteiger partial charge in [-0.2, -0.15) is 0 Å². The minimum absolute atomic E-state index is 0.286. The first kappa shape index (κ1) is 29.1. The van der Waals surface area contributed by atoms with E-state index in [-0.39, 0.29) is 11.3 Å². The van der Waals surface area contributed by atoms with Crippen LogP contribution in [0.5, 0.6) is 0 Å². The highest BCUT2D eigenvalue weighted by Crippen LogP contribution is 2.59. The van der Waals surface area contributed by atoms with Crippen LogP contribution in [0.4, 0.5) is 0 Å². The average Bonchev–Trinajstić information content (AvgIpc) is 3.50. The quantitative estimate of drug-likeness (QED) is 0.184. The Morgan fingerprint density at radius 3 is 1.73 bits per heavy atom. The Bertz CT molecular complexity index is 2300. The van der Waals surface area contributed by atoms with Crippen molar-refractivity contribution in [2.75, 3.05) is 0 Å². The molecule has 7 aromatic rings. The lowest BCUT2D eigenvalue weighted by Gasteiger charge is -2.39. The van der Waals surface area contributed by atoms with Gasteiger partial charge in [-0.05, 0) is 63.4 Å². The molecule has 1 heterocycles. The lowest BCUT2D eigenvalue weighted by Crippen LogP contribution is -2.35. The highest BCUT2D eigenvalue weighted by atomic mass is 14.9. The third-order valence-electron chi connectivity index (χ3n) is 10.2. The standard InChI is InChI=1S/C47H34N2/c1-5-17-33(18-6-1)43-32-44(34-19-7-2-8-20-34)49-46(48-43)36-22-15-21-35(31-36)39-28-16-30-42-45(39)40-27-13-14-29-41(40)47(42,37-23-9-3-10-24-37)38-25-11-4-12-26-38/h1-25,27-32,38H,26H2. The summed E-state index contributed by atoms with van der Waals surface area (Å²) in [6.07, 6.45) is 10.1. The summed E-state index contributed by atoms with van der Waals surface area (Å²) in [5.74, 6) is 1.00. The van der Waals surface area contributed by atoms with Crippen LogP contribution in [-0.2, 0) is 5.41 Å². The minimum Gasteiger partial charge on any atom is -0.228 e. The molecule has 0 amide bonds. The zero-order chi connectivity index (χ0) is 32.6. The minimum atomic E-state index is -0.306. The fourth-order valence-corrected chi connectivity index (χ4v) is 8.04. The number of fused-ring (bicyclic) bond motifs is 3. The second-order valence-electron chi connectivity index (χ2n) is 12.9. The molecular weight excluding hydrogens is 593 g/mol. The fraction of sp³-hybridized carbons (Fsp3) is 0.0638. The van der Waals surface area contributed by atoms with Crippen molar-refractivity contribution in [1.82, 2.24) is 9.97 Å². The van der Waals surface area contributed by atoms with Crippen LogP contribution < -0.4 is 0 Å². The molecule has 0 saturated carbocycles.